The number of rotatable bonds is 3. The highest BCUT2D eigenvalue weighted by Gasteiger charge is 1.88. The monoisotopic (exact) mass is 194 g/mol. The molecular formula is C12H12N2. The second-order valence-electron chi connectivity index (χ2n) is 2.25. The molecule has 0 spiro atoms. The van der Waals surface area contributed by atoms with Gasteiger partial charge in [0.1, 0.15) is 0 Å². The third-order valence-corrected chi connectivity index (χ3v) is 1.31. The molecule has 14 heavy (non-hydrogen) atoms. The molecule has 0 saturated carbocycles. The van der Waals surface area contributed by atoms with Gasteiger partial charge in [-0.15, -0.1) is 0 Å². The van der Waals surface area contributed by atoms with Crippen LogP contribution >= 0.6 is 0 Å². The number of hydrogen-bond acceptors (Lipinski definition) is 2. The van der Waals surface area contributed by atoms with Crippen molar-refractivity contribution >= 4 is 11.4 Å². The van der Waals surface area contributed by atoms with Crippen molar-refractivity contribution in [2.45, 2.75) is 0 Å². The Morgan fingerprint density at radius 1 is 0.643 bits per heavy atom. The molecule has 0 aliphatic rings. The fourth-order valence-corrected chi connectivity index (χ4v) is 0.750. The van der Waals surface area contributed by atoms with E-state index in [9.17, 15) is 0 Å². The van der Waals surface area contributed by atoms with E-state index in [0.717, 1.165) is 0 Å². The Bertz CT molecular complexity index is 708. The minimum absolute atomic E-state index is 0.298. The lowest BCUT2D eigenvalue weighted by atomic mass is 10.3. The van der Waals surface area contributed by atoms with E-state index in [1.807, 2.05) is 0 Å². The van der Waals surface area contributed by atoms with Crippen LogP contribution in [-0.4, -0.2) is 0 Å². The Hall–Kier alpha value is -1.96. The third kappa shape index (κ3) is 2.26. The first-order chi connectivity index (χ1) is 11.1. The molecule has 2 rings (SSSR count). The Balaban J connectivity index is 2.48. The summed E-state index contributed by atoms with van der Waals surface area (Å²) >= 11 is 0. The SMILES string of the molecule is [2H]c1c([2H])c([2H])c(NNc2c([2H])c([2H])c([2H])c([2H])c2[2H])c([2H])c1[2H]. The van der Waals surface area contributed by atoms with Gasteiger partial charge in [-0.25, -0.2) is 0 Å². The molecular weight excluding hydrogens is 172 g/mol. The number of benzene rings is 2. The molecule has 2 N–H and O–H groups in total. The lowest BCUT2D eigenvalue weighted by Crippen LogP contribution is -2.07. The van der Waals surface area contributed by atoms with Crippen LogP contribution < -0.4 is 10.9 Å². The average molecular weight is 194 g/mol. The van der Waals surface area contributed by atoms with Gasteiger partial charge in [0.15, 0.2) is 0 Å². The van der Waals surface area contributed by atoms with Crippen LogP contribution in [0.5, 0.6) is 0 Å². The van der Waals surface area contributed by atoms with E-state index in [1.54, 1.807) is 0 Å². The van der Waals surface area contributed by atoms with Crippen molar-refractivity contribution in [3.63, 3.8) is 0 Å². The zero-order valence-corrected chi connectivity index (χ0v) is 7.00. The molecule has 2 heteroatoms. The molecule has 2 nitrogen and oxygen atoms in total. The predicted octanol–water partition coefficient (Wildman–Crippen LogP) is 3.13. The summed E-state index contributed by atoms with van der Waals surface area (Å²) in [4.78, 5) is 0. The zero-order chi connectivity index (χ0) is 18.3. The fraction of sp³-hybridized carbons (Fsp3) is 0. The molecule has 0 bridgehead atoms. The molecule has 0 aromatic heterocycles. The average Bonchev–Trinajstić information content (AvgIpc) is 2.57. The molecule has 0 aliphatic heterocycles. The van der Waals surface area contributed by atoms with E-state index in [0.29, 0.717) is 0 Å². The quantitative estimate of drug-likeness (QED) is 0.733. The first-order valence-electron chi connectivity index (χ1n) is 8.75. The summed E-state index contributed by atoms with van der Waals surface area (Å²) < 4.78 is 76.3. The smallest absolute Gasteiger partial charge is 0.0645 e. The van der Waals surface area contributed by atoms with E-state index >= 15 is 0 Å². The van der Waals surface area contributed by atoms with Crippen LogP contribution in [0.25, 0.3) is 0 Å². The van der Waals surface area contributed by atoms with Gasteiger partial charge in [-0.05, 0) is 24.2 Å². The van der Waals surface area contributed by atoms with E-state index in [4.69, 9.17) is 13.7 Å². The van der Waals surface area contributed by atoms with Crippen molar-refractivity contribution in [2.24, 2.45) is 0 Å². The van der Waals surface area contributed by atoms with Gasteiger partial charge in [-0.3, -0.25) is 0 Å². The summed E-state index contributed by atoms with van der Waals surface area (Å²) in [6.07, 6.45) is 0. The maximum absolute atomic E-state index is 7.75. The first-order valence-corrected chi connectivity index (χ1v) is 3.75. The maximum Gasteiger partial charge on any atom is 0.0645 e. The Kier molecular flexibility index (Phi) is 0.854. The maximum atomic E-state index is 7.75. The van der Waals surface area contributed by atoms with E-state index in [1.165, 1.54) is 0 Å². The van der Waals surface area contributed by atoms with Crippen molar-refractivity contribution in [3.05, 3.63) is 60.4 Å². The van der Waals surface area contributed by atoms with Crippen LogP contribution in [0.15, 0.2) is 60.4 Å². The molecule has 0 atom stereocenters. The van der Waals surface area contributed by atoms with Crippen LogP contribution in [-0.2, 0) is 0 Å². The molecule has 0 saturated heterocycles. The Morgan fingerprint density at radius 2 is 1.00 bits per heavy atom. The van der Waals surface area contributed by atoms with Gasteiger partial charge < -0.3 is 10.9 Å². The topological polar surface area (TPSA) is 24.1 Å². The molecule has 2 aromatic rings. The molecule has 0 amide bonds. The predicted molar refractivity (Wildman–Crippen MR) is 60.1 cm³/mol. The molecule has 0 radical (unpaired) electrons. The van der Waals surface area contributed by atoms with Crippen LogP contribution in [0.1, 0.15) is 13.7 Å². The van der Waals surface area contributed by atoms with Crippen molar-refractivity contribution in [3.8, 4) is 0 Å². The minimum atomic E-state index is -0.557. The van der Waals surface area contributed by atoms with Crippen molar-refractivity contribution in [2.75, 3.05) is 10.9 Å². The Labute approximate surface area is 97.6 Å². The number of hydrazine groups is 1. The highest BCUT2D eigenvalue weighted by molar-refractivity contribution is 5.51. The summed E-state index contributed by atoms with van der Waals surface area (Å²) in [6.45, 7) is 0. The largest absolute Gasteiger partial charge is 0.301 e. The van der Waals surface area contributed by atoms with Crippen molar-refractivity contribution in [1.82, 2.24) is 0 Å². The summed E-state index contributed by atoms with van der Waals surface area (Å²) in [6, 6.07) is -5.38. The lowest BCUT2D eigenvalue weighted by molar-refractivity contribution is 1.41. The molecule has 2 aromatic carbocycles. The fourth-order valence-electron chi connectivity index (χ4n) is 0.750. The summed E-state index contributed by atoms with van der Waals surface area (Å²) in [7, 11) is 0. The van der Waals surface area contributed by atoms with Gasteiger partial charge in [0.25, 0.3) is 0 Å². The van der Waals surface area contributed by atoms with Crippen molar-refractivity contribution < 1.29 is 13.7 Å². The molecule has 0 unspecified atom stereocenters. The van der Waals surface area contributed by atoms with Crippen molar-refractivity contribution in [1.29, 1.82) is 0 Å². The van der Waals surface area contributed by atoms with Crippen LogP contribution in [0, 0.1) is 0 Å². The van der Waals surface area contributed by atoms with E-state index in [2.05, 4.69) is 10.9 Å². The molecule has 0 aliphatic carbocycles. The van der Waals surface area contributed by atoms with Gasteiger partial charge in [-0.1, -0.05) is 36.3 Å². The van der Waals surface area contributed by atoms with Gasteiger partial charge in [0.2, 0.25) is 0 Å². The van der Waals surface area contributed by atoms with E-state index in [-0.39, 0.29) is 11.4 Å². The second kappa shape index (κ2) is 4.33. The molecule has 0 fully saturated rings. The van der Waals surface area contributed by atoms with Gasteiger partial charge in [-0.2, -0.15) is 0 Å². The summed E-state index contributed by atoms with van der Waals surface area (Å²) in [5.41, 5.74) is 4.09. The molecule has 0 heterocycles. The zero-order valence-electron chi connectivity index (χ0n) is 17.0. The van der Waals surface area contributed by atoms with Crippen LogP contribution in [0.4, 0.5) is 11.4 Å². The van der Waals surface area contributed by atoms with Gasteiger partial charge >= 0.3 is 0 Å². The second-order valence-corrected chi connectivity index (χ2v) is 2.25. The highest BCUT2D eigenvalue weighted by Crippen LogP contribution is 2.08. The minimum Gasteiger partial charge on any atom is -0.301 e. The standard InChI is InChI=1S/C12H12N2/c1-3-7-11(8-4-1)13-14-12-9-5-2-6-10-12/h1-10,13-14H/i1D,2D,3D,4D,5D,6D,7D,8D,9D,10D. The normalized spacial score (nSPS) is 19.4. The number of nitrogens with one attached hydrogen (secondary N) is 2. The Morgan fingerprint density at radius 3 is 1.36 bits per heavy atom. The van der Waals surface area contributed by atoms with E-state index < -0.39 is 60.4 Å². The summed E-state index contributed by atoms with van der Waals surface area (Å²) in [5, 5.41) is 0. The van der Waals surface area contributed by atoms with Crippen LogP contribution in [0.2, 0.25) is 0 Å². The summed E-state index contributed by atoms with van der Waals surface area (Å²) in [5.74, 6) is 0. The lowest BCUT2D eigenvalue weighted by Gasteiger charge is -2.08. The first kappa shape index (κ1) is 2.76. The number of anilines is 2. The third-order valence-electron chi connectivity index (χ3n) is 1.31. The van der Waals surface area contributed by atoms with Gasteiger partial charge in [0.05, 0.1) is 25.1 Å². The highest BCUT2D eigenvalue weighted by atomic mass is 15.4. The number of para-hydroxylation sites is 2. The molecule has 70 valence electrons. The van der Waals surface area contributed by atoms with Crippen LogP contribution in [0.3, 0.4) is 0 Å². The number of hydrogen-bond donors (Lipinski definition) is 2. The van der Waals surface area contributed by atoms with Gasteiger partial charge in [0, 0.05) is 0 Å².